The first-order chi connectivity index (χ1) is 13.1. The van der Waals surface area contributed by atoms with E-state index < -0.39 is 14.4 Å². The third-order valence-electron chi connectivity index (χ3n) is 6.33. The summed E-state index contributed by atoms with van der Waals surface area (Å²) in [5.41, 5.74) is 1.14. The Hall–Kier alpha value is 0.0169. The highest BCUT2D eigenvalue weighted by Gasteiger charge is 2.51. The second kappa shape index (κ2) is 9.02. The molecule has 2 fully saturated rings. The van der Waals surface area contributed by atoms with Gasteiger partial charge in [-0.2, -0.15) is 0 Å². The molecule has 0 aromatic heterocycles. The molecule has 3 atom stereocenters. The first-order valence-corrected chi connectivity index (χ1v) is 15.3. The van der Waals surface area contributed by atoms with Crippen LogP contribution >= 0.6 is 23.5 Å². The Morgan fingerprint density at radius 2 is 1.75 bits per heavy atom. The molecule has 1 aliphatic carbocycles. The van der Waals surface area contributed by atoms with Crippen LogP contribution in [-0.4, -0.2) is 47.3 Å². The monoisotopic (exact) mass is 440 g/mol. The fourth-order valence-corrected chi connectivity index (χ4v) is 8.50. The van der Waals surface area contributed by atoms with Gasteiger partial charge in [-0.1, -0.05) is 51.1 Å². The van der Waals surface area contributed by atoms with Crippen molar-refractivity contribution in [2.75, 3.05) is 11.5 Å². The molecule has 1 spiro atoms. The van der Waals surface area contributed by atoms with Gasteiger partial charge in [0.1, 0.15) is 6.10 Å². The average Bonchev–Trinajstić information content (AvgIpc) is 2.61. The molecule has 1 aromatic carbocycles. The molecule has 0 unspecified atom stereocenters. The van der Waals surface area contributed by atoms with Crippen molar-refractivity contribution in [1.29, 1.82) is 0 Å². The molecule has 0 bridgehead atoms. The van der Waals surface area contributed by atoms with Crippen LogP contribution in [0, 0.1) is 0 Å². The van der Waals surface area contributed by atoms with Gasteiger partial charge in [-0.05, 0) is 54.5 Å². The fourth-order valence-electron chi connectivity index (χ4n) is 3.69. The zero-order chi connectivity index (χ0) is 20.4. The minimum absolute atomic E-state index is 0.0496. The van der Waals surface area contributed by atoms with Crippen molar-refractivity contribution in [2.45, 2.75) is 87.2 Å². The number of hydrogen-bond acceptors (Lipinski definition) is 5. The lowest BCUT2D eigenvalue weighted by Crippen LogP contribution is -2.57. The molecule has 0 amide bonds. The van der Waals surface area contributed by atoms with Gasteiger partial charge in [-0.15, -0.1) is 23.5 Å². The molecule has 6 heteroatoms. The Bertz CT molecular complexity index is 626. The zero-order valence-electron chi connectivity index (χ0n) is 17.9. The standard InChI is InChI=1S/C22H36O3S2Si/c1-21(2,3)28(4,5)25-19-15-22(26-12-9-13-27-22)14-18(23)20(19)24-16-17-10-7-6-8-11-17/h6-8,10-11,18-20,23H,9,12-16H2,1-5H3/t18-,19-,20+/m0/s1. The highest BCUT2D eigenvalue weighted by atomic mass is 32.2. The van der Waals surface area contributed by atoms with E-state index in [1.54, 1.807) is 0 Å². The van der Waals surface area contributed by atoms with Crippen LogP contribution in [-0.2, 0) is 15.8 Å². The minimum Gasteiger partial charge on any atom is -0.411 e. The van der Waals surface area contributed by atoms with Gasteiger partial charge >= 0.3 is 0 Å². The Balaban J connectivity index is 1.78. The highest BCUT2D eigenvalue weighted by molar-refractivity contribution is 8.18. The quantitative estimate of drug-likeness (QED) is 0.596. The average molecular weight is 441 g/mol. The fraction of sp³-hybridized carbons (Fsp3) is 0.727. The van der Waals surface area contributed by atoms with Crippen molar-refractivity contribution < 1.29 is 14.3 Å². The maximum absolute atomic E-state index is 11.1. The van der Waals surface area contributed by atoms with E-state index in [1.165, 1.54) is 17.9 Å². The smallest absolute Gasteiger partial charge is 0.192 e. The van der Waals surface area contributed by atoms with Crippen LogP contribution in [0.1, 0.15) is 45.6 Å². The van der Waals surface area contributed by atoms with Gasteiger partial charge in [0, 0.05) is 0 Å². The molecule has 158 valence electrons. The summed E-state index contributed by atoms with van der Waals surface area (Å²) < 4.78 is 13.3. The van der Waals surface area contributed by atoms with E-state index >= 15 is 0 Å². The second-order valence-corrected chi connectivity index (χ2v) is 17.6. The molecule has 28 heavy (non-hydrogen) atoms. The molecule has 1 N–H and O–H groups in total. The SMILES string of the molecule is CC(C)(C)[Si](C)(C)O[C@H]1CC2(C[C@H](O)[C@H]1OCc1ccccc1)SCCCS2. The Kier molecular flexibility index (Phi) is 7.31. The van der Waals surface area contributed by atoms with Gasteiger partial charge in [0.25, 0.3) is 0 Å². The summed E-state index contributed by atoms with van der Waals surface area (Å²) in [5, 5.41) is 11.3. The Morgan fingerprint density at radius 3 is 2.36 bits per heavy atom. The van der Waals surface area contributed by atoms with E-state index in [4.69, 9.17) is 9.16 Å². The number of aliphatic hydroxyl groups excluding tert-OH is 1. The first kappa shape index (κ1) is 22.7. The number of hydrogen-bond donors (Lipinski definition) is 1. The number of thioether (sulfide) groups is 2. The molecule has 1 aliphatic heterocycles. The second-order valence-electron chi connectivity index (χ2n) is 9.61. The lowest BCUT2D eigenvalue weighted by atomic mass is 9.91. The number of rotatable bonds is 5. The van der Waals surface area contributed by atoms with E-state index in [9.17, 15) is 5.11 Å². The van der Waals surface area contributed by atoms with Crippen molar-refractivity contribution in [2.24, 2.45) is 0 Å². The Morgan fingerprint density at radius 1 is 1.11 bits per heavy atom. The lowest BCUT2D eigenvalue weighted by Gasteiger charge is -2.50. The summed E-state index contributed by atoms with van der Waals surface area (Å²) in [7, 11) is -1.96. The van der Waals surface area contributed by atoms with Crippen molar-refractivity contribution in [1.82, 2.24) is 0 Å². The van der Waals surface area contributed by atoms with Crippen LogP contribution in [0.2, 0.25) is 18.1 Å². The molecular weight excluding hydrogens is 404 g/mol. The number of benzene rings is 1. The van der Waals surface area contributed by atoms with E-state index in [1.807, 2.05) is 41.7 Å². The molecule has 1 aromatic rings. The van der Waals surface area contributed by atoms with E-state index in [0.717, 1.165) is 18.4 Å². The summed E-state index contributed by atoms with van der Waals surface area (Å²) in [6.45, 7) is 12.0. The van der Waals surface area contributed by atoms with Crippen LogP contribution in [0.4, 0.5) is 0 Å². The van der Waals surface area contributed by atoms with Gasteiger partial charge < -0.3 is 14.3 Å². The van der Waals surface area contributed by atoms with Crippen molar-refractivity contribution in [3.63, 3.8) is 0 Å². The normalized spacial score (nSPS) is 28.4. The van der Waals surface area contributed by atoms with Crippen molar-refractivity contribution in [3.8, 4) is 0 Å². The van der Waals surface area contributed by atoms with Crippen LogP contribution in [0.25, 0.3) is 0 Å². The molecule has 3 nitrogen and oxygen atoms in total. The highest BCUT2D eigenvalue weighted by Crippen LogP contribution is 2.53. The van der Waals surface area contributed by atoms with Gasteiger partial charge in [-0.3, -0.25) is 0 Å². The summed E-state index contributed by atoms with van der Waals surface area (Å²) >= 11 is 4.05. The molecular formula is C22H36O3S2Si. The summed E-state index contributed by atoms with van der Waals surface area (Å²) in [6.07, 6.45) is 2.22. The molecule has 1 saturated heterocycles. The van der Waals surface area contributed by atoms with Gasteiger partial charge in [0.2, 0.25) is 0 Å². The maximum atomic E-state index is 11.1. The molecule has 1 heterocycles. The number of ether oxygens (including phenoxy) is 1. The maximum Gasteiger partial charge on any atom is 0.192 e. The number of aliphatic hydroxyl groups is 1. The van der Waals surface area contributed by atoms with E-state index in [2.05, 4.69) is 46.0 Å². The van der Waals surface area contributed by atoms with Gasteiger partial charge in [-0.25, -0.2) is 0 Å². The summed E-state index contributed by atoms with van der Waals surface area (Å²) in [6, 6.07) is 10.2. The van der Waals surface area contributed by atoms with Gasteiger partial charge in [0.05, 0.1) is 22.9 Å². The topological polar surface area (TPSA) is 38.7 Å². The lowest BCUT2D eigenvalue weighted by molar-refractivity contribution is -0.122. The Labute approximate surface area is 180 Å². The third-order valence-corrected chi connectivity index (χ3v) is 14.3. The molecule has 2 aliphatic rings. The first-order valence-electron chi connectivity index (χ1n) is 10.4. The van der Waals surface area contributed by atoms with E-state index in [-0.39, 0.29) is 21.3 Å². The summed E-state index contributed by atoms with van der Waals surface area (Å²) in [5.74, 6) is 2.37. The van der Waals surface area contributed by atoms with Crippen LogP contribution < -0.4 is 0 Å². The predicted octanol–water partition coefficient (Wildman–Crippen LogP) is 5.68. The molecule has 0 radical (unpaired) electrons. The van der Waals surface area contributed by atoms with Gasteiger partial charge in [0.15, 0.2) is 8.32 Å². The van der Waals surface area contributed by atoms with Crippen LogP contribution in [0.3, 0.4) is 0 Å². The summed E-state index contributed by atoms with van der Waals surface area (Å²) in [4.78, 5) is 0. The van der Waals surface area contributed by atoms with Crippen molar-refractivity contribution in [3.05, 3.63) is 35.9 Å². The third kappa shape index (κ3) is 5.38. The van der Waals surface area contributed by atoms with Crippen LogP contribution in [0.5, 0.6) is 0 Å². The largest absolute Gasteiger partial charge is 0.411 e. The van der Waals surface area contributed by atoms with E-state index in [0.29, 0.717) is 6.61 Å². The van der Waals surface area contributed by atoms with Crippen LogP contribution in [0.15, 0.2) is 30.3 Å². The predicted molar refractivity (Wildman–Crippen MR) is 125 cm³/mol. The molecule has 3 rings (SSSR count). The van der Waals surface area contributed by atoms with Crippen molar-refractivity contribution >= 4 is 31.8 Å². The minimum atomic E-state index is -1.96. The molecule has 1 saturated carbocycles. The zero-order valence-corrected chi connectivity index (χ0v) is 20.6.